The van der Waals surface area contributed by atoms with Crippen LogP contribution in [-0.4, -0.2) is 6.54 Å². The van der Waals surface area contributed by atoms with Gasteiger partial charge in [-0.2, -0.15) is 0 Å². The van der Waals surface area contributed by atoms with Crippen molar-refractivity contribution in [2.24, 2.45) is 5.92 Å². The maximum Gasteiger partial charge on any atom is 0.0348 e. The van der Waals surface area contributed by atoms with Gasteiger partial charge in [-0.1, -0.05) is 71.2 Å². The third-order valence-electron chi connectivity index (χ3n) is 4.26. The molecule has 0 aliphatic heterocycles. The highest BCUT2D eigenvalue weighted by Gasteiger charge is 2.20. The number of aryl methyl sites for hydroxylation is 1. The normalized spacial score (nSPS) is 14.2. The lowest BCUT2D eigenvalue weighted by Crippen LogP contribution is -2.29. The van der Waals surface area contributed by atoms with Gasteiger partial charge in [-0.25, -0.2) is 0 Å². The third kappa shape index (κ3) is 5.28. The van der Waals surface area contributed by atoms with Gasteiger partial charge in [0.25, 0.3) is 0 Å². The molecule has 0 radical (unpaired) electrons. The molecule has 0 heterocycles. The topological polar surface area (TPSA) is 12.0 Å². The minimum atomic E-state index is 0.526. The maximum atomic E-state index is 3.80. The fourth-order valence-electron chi connectivity index (χ4n) is 2.94. The molecule has 1 nitrogen and oxygen atoms in total. The molecule has 1 heteroatoms. The van der Waals surface area contributed by atoms with E-state index in [0.717, 1.165) is 18.9 Å². The van der Waals surface area contributed by atoms with Crippen molar-refractivity contribution >= 4 is 0 Å². The molecule has 1 aromatic carbocycles. The Labute approximate surface area is 126 Å². The molecule has 1 aromatic rings. The third-order valence-corrected chi connectivity index (χ3v) is 4.26. The zero-order valence-electron chi connectivity index (χ0n) is 13.9. The summed E-state index contributed by atoms with van der Waals surface area (Å²) in [5.41, 5.74) is 2.94. The molecule has 0 fully saturated rings. The monoisotopic (exact) mass is 275 g/mol. The van der Waals surface area contributed by atoms with Crippen LogP contribution >= 0.6 is 0 Å². The van der Waals surface area contributed by atoms with Gasteiger partial charge in [0.2, 0.25) is 0 Å². The zero-order chi connectivity index (χ0) is 14.8. The van der Waals surface area contributed by atoms with Gasteiger partial charge in [0.15, 0.2) is 0 Å². The Balaban J connectivity index is 2.89. The van der Waals surface area contributed by atoms with Crippen molar-refractivity contribution in [2.45, 2.75) is 72.3 Å². The van der Waals surface area contributed by atoms with E-state index in [1.807, 2.05) is 0 Å². The van der Waals surface area contributed by atoms with Gasteiger partial charge in [0.05, 0.1) is 0 Å². The molecule has 1 rings (SSSR count). The van der Waals surface area contributed by atoms with E-state index in [4.69, 9.17) is 0 Å². The van der Waals surface area contributed by atoms with E-state index in [1.54, 1.807) is 0 Å². The summed E-state index contributed by atoms with van der Waals surface area (Å²) in [7, 11) is 0. The summed E-state index contributed by atoms with van der Waals surface area (Å²) < 4.78 is 0. The Morgan fingerprint density at radius 1 is 1.05 bits per heavy atom. The molecule has 20 heavy (non-hydrogen) atoms. The highest BCUT2D eigenvalue weighted by Crippen LogP contribution is 2.29. The number of nitrogens with one attached hydrogen (secondary N) is 1. The summed E-state index contributed by atoms with van der Waals surface area (Å²) in [5.74, 6) is 0.758. The molecule has 0 spiro atoms. The van der Waals surface area contributed by atoms with Crippen LogP contribution in [0.4, 0.5) is 0 Å². The number of benzene rings is 1. The molecule has 0 saturated carbocycles. The van der Waals surface area contributed by atoms with Gasteiger partial charge in [-0.05, 0) is 42.9 Å². The first-order chi connectivity index (χ1) is 9.76. The van der Waals surface area contributed by atoms with Gasteiger partial charge in [0.1, 0.15) is 0 Å². The van der Waals surface area contributed by atoms with E-state index < -0.39 is 0 Å². The van der Waals surface area contributed by atoms with Crippen LogP contribution in [0.15, 0.2) is 24.3 Å². The van der Waals surface area contributed by atoms with Crippen molar-refractivity contribution in [3.63, 3.8) is 0 Å². The lowest BCUT2D eigenvalue weighted by atomic mass is 9.86. The Bertz CT molecular complexity index is 359. The van der Waals surface area contributed by atoms with Gasteiger partial charge in [-0.15, -0.1) is 0 Å². The average Bonchev–Trinajstić information content (AvgIpc) is 2.50. The molecule has 114 valence electrons. The molecule has 0 aliphatic rings. The van der Waals surface area contributed by atoms with Crippen LogP contribution in [0.2, 0.25) is 0 Å². The Morgan fingerprint density at radius 3 is 2.45 bits per heavy atom. The number of hydrogen-bond acceptors (Lipinski definition) is 1. The predicted molar refractivity (Wildman–Crippen MR) is 90.2 cm³/mol. The van der Waals surface area contributed by atoms with Crippen LogP contribution in [0.3, 0.4) is 0 Å². The smallest absolute Gasteiger partial charge is 0.0348 e. The van der Waals surface area contributed by atoms with Crippen LogP contribution in [-0.2, 0) is 6.42 Å². The van der Waals surface area contributed by atoms with E-state index in [1.165, 1.54) is 43.2 Å². The van der Waals surface area contributed by atoms with Crippen molar-refractivity contribution < 1.29 is 0 Å². The molecule has 0 bridgehead atoms. The zero-order valence-corrected chi connectivity index (χ0v) is 13.9. The van der Waals surface area contributed by atoms with Crippen LogP contribution in [0.1, 0.15) is 77.0 Å². The number of unbranched alkanes of at least 4 members (excludes halogenated alkanes) is 1. The second-order valence-electron chi connectivity index (χ2n) is 5.84. The molecule has 1 N–H and O–H groups in total. The van der Waals surface area contributed by atoms with Crippen molar-refractivity contribution in [1.29, 1.82) is 0 Å². The van der Waals surface area contributed by atoms with Crippen LogP contribution in [0.25, 0.3) is 0 Å². The standard InChI is InChI=1S/C19H33N/c1-5-9-12-17(8-4)19(20-14-6-2)18-13-10-11-16(7-3)15-18/h10-11,13,15,17,19-20H,5-9,12,14H2,1-4H3. The van der Waals surface area contributed by atoms with E-state index in [9.17, 15) is 0 Å². The van der Waals surface area contributed by atoms with Crippen LogP contribution in [0, 0.1) is 5.92 Å². The minimum absolute atomic E-state index is 0.526. The minimum Gasteiger partial charge on any atom is -0.310 e. The summed E-state index contributed by atoms with van der Waals surface area (Å²) in [4.78, 5) is 0. The van der Waals surface area contributed by atoms with E-state index in [0.29, 0.717) is 6.04 Å². The quantitative estimate of drug-likeness (QED) is 0.594. The average molecular weight is 275 g/mol. The van der Waals surface area contributed by atoms with Gasteiger partial charge in [0, 0.05) is 6.04 Å². The molecule has 0 aromatic heterocycles. The van der Waals surface area contributed by atoms with Crippen molar-refractivity contribution in [3.8, 4) is 0 Å². The largest absolute Gasteiger partial charge is 0.310 e. The highest BCUT2D eigenvalue weighted by molar-refractivity contribution is 5.26. The summed E-state index contributed by atoms with van der Waals surface area (Å²) in [5, 5.41) is 3.80. The van der Waals surface area contributed by atoms with E-state index in [-0.39, 0.29) is 0 Å². The lowest BCUT2D eigenvalue weighted by Gasteiger charge is -2.28. The fourth-order valence-corrected chi connectivity index (χ4v) is 2.94. The Morgan fingerprint density at radius 2 is 1.85 bits per heavy atom. The van der Waals surface area contributed by atoms with Crippen molar-refractivity contribution in [1.82, 2.24) is 5.32 Å². The SMILES string of the molecule is CCCCC(CC)C(NCCC)c1cccc(CC)c1. The molecular weight excluding hydrogens is 242 g/mol. The summed E-state index contributed by atoms with van der Waals surface area (Å²) in [6.07, 6.45) is 7.57. The van der Waals surface area contributed by atoms with Gasteiger partial charge >= 0.3 is 0 Å². The number of rotatable bonds is 10. The molecule has 0 amide bonds. The Hall–Kier alpha value is -0.820. The van der Waals surface area contributed by atoms with Crippen LogP contribution < -0.4 is 5.32 Å². The second kappa shape index (κ2) is 9.99. The van der Waals surface area contributed by atoms with E-state index in [2.05, 4.69) is 57.3 Å². The lowest BCUT2D eigenvalue weighted by molar-refractivity contribution is 0.323. The first-order valence-electron chi connectivity index (χ1n) is 8.58. The maximum absolute atomic E-state index is 3.80. The molecule has 0 aliphatic carbocycles. The van der Waals surface area contributed by atoms with Crippen molar-refractivity contribution in [3.05, 3.63) is 35.4 Å². The highest BCUT2D eigenvalue weighted by atomic mass is 14.9. The predicted octanol–water partition coefficient (Wildman–Crippen LogP) is 5.51. The second-order valence-corrected chi connectivity index (χ2v) is 5.84. The number of hydrogen-bond donors (Lipinski definition) is 1. The van der Waals surface area contributed by atoms with Crippen molar-refractivity contribution in [2.75, 3.05) is 6.54 Å². The first kappa shape index (κ1) is 17.2. The molecular formula is C19H33N. The summed E-state index contributed by atoms with van der Waals surface area (Å²) in [6.45, 7) is 10.2. The molecule has 2 atom stereocenters. The summed E-state index contributed by atoms with van der Waals surface area (Å²) in [6, 6.07) is 9.70. The fraction of sp³-hybridized carbons (Fsp3) is 0.684. The Kier molecular flexibility index (Phi) is 8.60. The summed E-state index contributed by atoms with van der Waals surface area (Å²) >= 11 is 0. The van der Waals surface area contributed by atoms with Gasteiger partial charge in [-0.3, -0.25) is 0 Å². The molecule has 2 unspecified atom stereocenters. The van der Waals surface area contributed by atoms with Crippen LogP contribution in [0.5, 0.6) is 0 Å². The molecule has 0 saturated heterocycles. The van der Waals surface area contributed by atoms with Gasteiger partial charge < -0.3 is 5.32 Å². The first-order valence-corrected chi connectivity index (χ1v) is 8.58. The van der Waals surface area contributed by atoms with E-state index >= 15 is 0 Å².